The Kier molecular flexibility index (Phi) is 9.67. The lowest BCUT2D eigenvalue weighted by Crippen LogP contribution is -2.15. The Morgan fingerprint density at radius 3 is 1.95 bits per heavy atom. The number of aryl methyl sites for hydroxylation is 1. The first-order valence-corrected chi connectivity index (χ1v) is 6.74. The molecule has 0 saturated heterocycles. The minimum Gasteiger partial charge on any atom is -0.412 e. The van der Waals surface area contributed by atoms with Crippen molar-refractivity contribution in [3.8, 4) is 0 Å². The molecule has 1 unspecified atom stereocenters. The van der Waals surface area contributed by atoms with Gasteiger partial charge in [-0.1, -0.05) is 0 Å². The van der Waals surface area contributed by atoms with Gasteiger partial charge >= 0.3 is 7.82 Å². The lowest BCUT2D eigenvalue weighted by molar-refractivity contribution is 0.275. The van der Waals surface area contributed by atoms with Crippen LogP contribution in [-0.2, 0) is 11.0 Å². The van der Waals surface area contributed by atoms with Gasteiger partial charge in [-0.3, -0.25) is 0 Å². The van der Waals surface area contributed by atoms with Crippen LogP contribution < -0.4 is 5.73 Å². The molecule has 0 radical (unpaired) electrons. The van der Waals surface area contributed by atoms with E-state index in [-0.39, 0.29) is 17.1 Å². The van der Waals surface area contributed by atoms with E-state index in [1.54, 1.807) is 6.92 Å². The zero-order valence-corrected chi connectivity index (χ0v) is 11.4. The molecular formula is C10H17F3NO5P. The molecule has 0 heterocycles. The first-order chi connectivity index (χ1) is 8.50. The van der Waals surface area contributed by atoms with E-state index < -0.39 is 25.3 Å². The van der Waals surface area contributed by atoms with E-state index >= 15 is 0 Å². The maximum absolute atomic E-state index is 13.0. The van der Waals surface area contributed by atoms with E-state index in [1.807, 2.05) is 0 Å². The van der Waals surface area contributed by atoms with Crippen molar-refractivity contribution in [3.05, 3.63) is 35.1 Å². The molecule has 1 aromatic carbocycles. The van der Waals surface area contributed by atoms with Gasteiger partial charge in [0.1, 0.15) is 5.82 Å². The molecule has 0 aromatic heterocycles. The molecule has 1 aromatic rings. The number of rotatable bonds is 3. The highest BCUT2D eigenvalue weighted by atomic mass is 31.2. The van der Waals surface area contributed by atoms with Gasteiger partial charge in [-0.2, -0.15) is 0 Å². The predicted molar refractivity (Wildman–Crippen MR) is 66.2 cm³/mol. The smallest absolute Gasteiger partial charge is 0.412 e. The highest BCUT2D eigenvalue weighted by molar-refractivity contribution is 7.45. The van der Waals surface area contributed by atoms with E-state index in [4.69, 9.17) is 25.0 Å². The summed E-state index contributed by atoms with van der Waals surface area (Å²) in [5.41, 5.74) is 5.64. The Labute approximate surface area is 113 Å². The SMILES string of the molecule is CC(N)CCc1cc(F)c(F)cc1F.O.O=P(O)(O)O. The molecule has 1 atom stereocenters. The highest BCUT2D eigenvalue weighted by Crippen LogP contribution is 2.25. The van der Waals surface area contributed by atoms with Crippen LogP contribution in [-0.4, -0.2) is 26.2 Å². The summed E-state index contributed by atoms with van der Waals surface area (Å²) in [5.74, 6) is -2.90. The van der Waals surface area contributed by atoms with Crippen molar-refractivity contribution in [1.29, 1.82) is 0 Å². The molecule has 0 amide bonds. The summed E-state index contributed by atoms with van der Waals surface area (Å²) in [6.07, 6.45) is 0.864. The third kappa shape index (κ3) is 10.9. The number of halogens is 3. The van der Waals surface area contributed by atoms with Crippen LogP contribution >= 0.6 is 7.82 Å². The Balaban J connectivity index is 0. The van der Waals surface area contributed by atoms with Crippen molar-refractivity contribution in [2.45, 2.75) is 25.8 Å². The molecule has 20 heavy (non-hydrogen) atoms. The van der Waals surface area contributed by atoms with Gasteiger partial charge in [0.15, 0.2) is 11.6 Å². The summed E-state index contributed by atoms with van der Waals surface area (Å²) < 4.78 is 47.1. The number of hydrogen-bond acceptors (Lipinski definition) is 2. The first kappa shape index (κ1) is 21.3. The lowest BCUT2D eigenvalue weighted by Gasteiger charge is -2.06. The van der Waals surface area contributed by atoms with Gasteiger partial charge in [0.2, 0.25) is 0 Å². The van der Waals surface area contributed by atoms with Crippen LogP contribution in [0.4, 0.5) is 13.2 Å². The molecule has 0 spiro atoms. The summed E-state index contributed by atoms with van der Waals surface area (Å²) in [4.78, 5) is 21.6. The zero-order valence-electron chi connectivity index (χ0n) is 10.6. The highest BCUT2D eigenvalue weighted by Gasteiger charge is 2.09. The van der Waals surface area contributed by atoms with Crippen LogP contribution in [0.2, 0.25) is 0 Å². The second kappa shape index (κ2) is 9.06. The Morgan fingerprint density at radius 1 is 1.15 bits per heavy atom. The topological polar surface area (TPSA) is 135 Å². The van der Waals surface area contributed by atoms with E-state index in [0.29, 0.717) is 18.9 Å². The quantitative estimate of drug-likeness (QED) is 0.478. The summed E-state index contributed by atoms with van der Waals surface area (Å²) in [7, 11) is -4.64. The molecule has 0 saturated carbocycles. The molecule has 1 rings (SSSR count). The molecular weight excluding hydrogens is 302 g/mol. The average Bonchev–Trinajstić information content (AvgIpc) is 2.19. The van der Waals surface area contributed by atoms with Crippen molar-refractivity contribution in [3.63, 3.8) is 0 Å². The van der Waals surface area contributed by atoms with Crippen LogP contribution in [0.15, 0.2) is 12.1 Å². The average molecular weight is 319 g/mol. The molecule has 10 heteroatoms. The molecule has 7 N–H and O–H groups in total. The van der Waals surface area contributed by atoms with Crippen molar-refractivity contribution < 1.29 is 37.9 Å². The normalized spacial score (nSPS) is 12.0. The second-order valence-corrected chi connectivity index (χ2v) is 4.91. The summed E-state index contributed by atoms with van der Waals surface area (Å²) in [6.45, 7) is 1.78. The van der Waals surface area contributed by atoms with E-state index in [0.717, 1.165) is 6.07 Å². The standard InChI is InChI=1S/C10H12F3N.H3O4P.H2O/c1-6(14)2-3-7-4-9(12)10(13)5-8(7)11;1-5(2,3)4;/h4-6H,2-3,14H2,1H3;(H3,1,2,3,4);1H2. The zero-order chi connectivity index (χ0) is 15.2. The Hall–Kier alpha value is -0.960. The second-order valence-electron chi connectivity index (χ2n) is 3.89. The minimum atomic E-state index is -4.64. The third-order valence-electron chi connectivity index (χ3n) is 1.96. The van der Waals surface area contributed by atoms with Gasteiger partial charge in [-0.05, 0) is 31.4 Å². The van der Waals surface area contributed by atoms with E-state index in [1.165, 1.54) is 0 Å². The maximum atomic E-state index is 13.0. The molecule has 0 aliphatic rings. The van der Waals surface area contributed by atoms with Crippen LogP contribution in [0.1, 0.15) is 18.9 Å². The number of nitrogens with two attached hydrogens (primary N) is 1. The third-order valence-corrected chi connectivity index (χ3v) is 1.96. The van der Waals surface area contributed by atoms with Gasteiger partial charge in [0.05, 0.1) is 0 Å². The van der Waals surface area contributed by atoms with Crippen molar-refractivity contribution in [2.75, 3.05) is 0 Å². The molecule has 118 valence electrons. The van der Waals surface area contributed by atoms with Gasteiger partial charge < -0.3 is 25.9 Å². The van der Waals surface area contributed by atoms with Gasteiger partial charge in [-0.25, -0.2) is 17.7 Å². The van der Waals surface area contributed by atoms with Crippen LogP contribution in [0, 0.1) is 17.5 Å². The maximum Gasteiger partial charge on any atom is 0.466 e. The first-order valence-electron chi connectivity index (χ1n) is 5.18. The molecule has 0 bridgehead atoms. The van der Waals surface area contributed by atoms with Gasteiger partial charge in [0.25, 0.3) is 0 Å². The lowest BCUT2D eigenvalue weighted by atomic mass is 10.1. The Morgan fingerprint density at radius 2 is 1.55 bits per heavy atom. The monoisotopic (exact) mass is 319 g/mol. The minimum absolute atomic E-state index is 0. The molecule has 0 aliphatic heterocycles. The predicted octanol–water partition coefficient (Wildman–Crippen LogP) is 0.630. The van der Waals surface area contributed by atoms with Crippen LogP contribution in [0.25, 0.3) is 0 Å². The molecule has 6 nitrogen and oxygen atoms in total. The molecule has 0 fully saturated rings. The summed E-state index contributed by atoms with van der Waals surface area (Å²) in [6, 6.07) is 1.36. The summed E-state index contributed by atoms with van der Waals surface area (Å²) in [5, 5.41) is 0. The van der Waals surface area contributed by atoms with E-state index in [9.17, 15) is 13.2 Å². The van der Waals surface area contributed by atoms with Crippen LogP contribution in [0.3, 0.4) is 0 Å². The van der Waals surface area contributed by atoms with Gasteiger partial charge in [0, 0.05) is 12.1 Å². The summed E-state index contributed by atoms with van der Waals surface area (Å²) >= 11 is 0. The number of hydrogen-bond donors (Lipinski definition) is 4. The fourth-order valence-electron chi connectivity index (χ4n) is 1.14. The Bertz CT molecular complexity index is 458. The van der Waals surface area contributed by atoms with Gasteiger partial charge in [-0.15, -0.1) is 0 Å². The number of phosphoric acid groups is 1. The van der Waals surface area contributed by atoms with E-state index in [2.05, 4.69) is 0 Å². The van der Waals surface area contributed by atoms with Crippen molar-refractivity contribution in [1.82, 2.24) is 0 Å². The molecule has 0 aliphatic carbocycles. The van der Waals surface area contributed by atoms with Crippen molar-refractivity contribution >= 4 is 7.82 Å². The fraction of sp³-hybridized carbons (Fsp3) is 0.400. The van der Waals surface area contributed by atoms with Crippen LogP contribution in [0.5, 0.6) is 0 Å². The van der Waals surface area contributed by atoms with Crippen molar-refractivity contribution in [2.24, 2.45) is 5.73 Å². The fourth-order valence-corrected chi connectivity index (χ4v) is 1.14. The largest absolute Gasteiger partial charge is 0.466 e. The number of benzene rings is 1.